The van der Waals surface area contributed by atoms with Gasteiger partial charge in [0, 0.05) is 5.69 Å². The molecule has 4 N–H and O–H groups in total. The molecule has 0 unspecified atom stereocenters. The Labute approximate surface area is 204 Å². The van der Waals surface area contributed by atoms with Gasteiger partial charge in [-0.1, -0.05) is 69.3 Å². The molecule has 0 aromatic heterocycles. The second kappa shape index (κ2) is 11.4. The summed E-state index contributed by atoms with van der Waals surface area (Å²) in [5.41, 5.74) is 1.32. The average molecular weight is 479 g/mol. The zero-order valence-corrected chi connectivity index (χ0v) is 19.9. The fourth-order valence-corrected chi connectivity index (χ4v) is 4.03. The lowest BCUT2D eigenvalue weighted by molar-refractivity contribution is -0.137. The van der Waals surface area contributed by atoms with E-state index in [2.05, 4.69) is 21.3 Å². The van der Waals surface area contributed by atoms with Gasteiger partial charge >= 0.3 is 6.03 Å². The van der Waals surface area contributed by atoms with Crippen LogP contribution in [0.1, 0.15) is 38.8 Å². The van der Waals surface area contributed by atoms with E-state index in [4.69, 9.17) is 0 Å². The quantitative estimate of drug-likeness (QED) is 0.325. The molecule has 2 aromatic carbocycles. The Bertz CT molecular complexity index is 1090. The van der Waals surface area contributed by atoms with E-state index in [1.54, 1.807) is 62.4 Å². The number of anilines is 1. The molecule has 0 aliphatic carbocycles. The first-order valence-electron chi connectivity index (χ1n) is 11.5. The molecule has 4 atom stereocenters. The van der Waals surface area contributed by atoms with Crippen LogP contribution in [0.2, 0.25) is 0 Å². The normalized spacial score (nSPS) is 19.0. The van der Waals surface area contributed by atoms with Gasteiger partial charge in [-0.15, -0.1) is 0 Å². The van der Waals surface area contributed by atoms with Crippen molar-refractivity contribution in [2.75, 3.05) is 5.32 Å². The van der Waals surface area contributed by atoms with E-state index < -0.39 is 53.5 Å². The number of Topliss-reactive ketones (excluding diaryl/α,β-unsaturated/α-hetero) is 1. The first-order chi connectivity index (χ1) is 16.7. The van der Waals surface area contributed by atoms with Gasteiger partial charge in [0.05, 0.1) is 24.4 Å². The summed E-state index contributed by atoms with van der Waals surface area (Å²) in [5, 5.41) is 10.4. The van der Waals surface area contributed by atoms with Crippen LogP contribution in [-0.2, 0) is 19.2 Å². The molecule has 9 heteroatoms. The average Bonchev–Trinajstić information content (AvgIpc) is 3.08. The third-order valence-electron chi connectivity index (χ3n) is 5.97. The molecule has 2 aromatic rings. The summed E-state index contributed by atoms with van der Waals surface area (Å²) in [5.74, 6) is -4.37. The lowest BCUT2D eigenvalue weighted by Crippen LogP contribution is -2.49. The van der Waals surface area contributed by atoms with Gasteiger partial charge in [-0.25, -0.2) is 4.79 Å². The molecule has 0 radical (unpaired) electrons. The Hall–Kier alpha value is -4.01. The maximum absolute atomic E-state index is 13.1. The number of para-hydroxylation sites is 1. The van der Waals surface area contributed by atoms with E-state index in [1.165, 1.54) is 6.92 Å². The largest absolute Gasteiger partial charge is 0.346 e. The van der Waals surface area contributed by atoms with Crippen LogP contribution in [0.25, 0.3) is 0 Å². The molecule has 35 heavy (non-hydrogen) atoms. The molecule has 184 valence electrons. The summed E-state index contributed by atoms with van der Waals surface area (Å²) < 4.78 is 0. The molecule has 3 rings (SSSR count). The second-order valence-electron chi connectivity index (χ2n) is 8.94. The monoisotopic (exact) mass is 478 g/mol. The van der Waals surface area contributed by atoms with E-state index in [9.17, 15) is 24.0 Å². The number of rotatable bonds is 9. The number of carbonyl (C=O) groups is 5. The minimum absolute atomic E-state index is 0.131. The summed E-state index contributed by atoms with van der Waals surface area (Å²) in [6.45, 7) is 5.02. The smallest absolute Gasteiger partial charge is 0.319 e. The number of imide groups is 1. The van der Waals surface area contributed by atoms with Crippen molar-refractivity contribution >= 4 is 35.2 Å². The Morgan fingerprint density at radius 1 is 0.886 bits per heavy atom. The molecule has 0 spiro atoms. The van der Waals surface area contributed by atoms with Crippen molar-refractivity contribution in [1.82, 2.24) is 16.0 Å². The van der Waals surface area contributed by atoms with Crippen molar-refractivity contribution in [3.05, 3.63) is 66.2 Å². The molecule has 1 fully saturated rings. The minimum atomic E-state index is -1.14. The van der Waals surface area contributed by atoms with Crippen LogP contribution in [0.4, 0.5) is 10.5 Å². The van der Waals surface area contributed by atoms with E-state index in [1.807, 2.05) is 12.1 Å². The van der Waals surface area contributed by atoms with Gasteiger partial charge in [-0.2, -0.15) is 0 Å². The van der Waals surface area contributed by atoms with Gasteiger partial charge in [-0.3, -0.25) is 24.5 Å². The number of hydrogen-bond acceptors (Lipinski definition) is 5. The molecule has 1 heterocycles. The lowest BCUT2D eigenvalue weighted by atomic mass is 9.85. The van der Waals surface area contributed by atoms with Crippen LogP contribution >= 0.6 is 0 Å². The highest BCUT2D eigenvalue weighted by atomic mass is 16.2. The van der Waals surface area contributed by atoms with Crippen molar-refractivity contribution in [1.29, 1.82) is 0 Å². The van der Waals surface area contributed by atoms with E-state index >= 15 is 0 Å². The van der Waals surface area contributed by atoms with Crippen LogP contribution in [0.15, 0.2) is 60.7 Å². The third kappa shape index (κ3) is 6.53. The Morgan fingerprint density at radius 3 is 2.03 bits per heavy atom. The molecule has 1 aliphatic rings. The number of nitrogens with one attached hydrogen (secondary N) is 4. The number of carbonyl (C=O) groups excluding carboxylic acids is 5. The number of hydrogen-bond donors (Lipinski definition) is 4. The zero-order chi connectivity index (χ0) is 25.5. The highest BCUT2D eigenvalue weighted by Gasteiger charge is 2.46. The molecular formula is C26H30N4O5. The highest BCUT2D eigenvalue weighted by molar-refractivity contribution is 6.16. The standard InChI is InChI=1S/C26H30N4O5/c1-15(2)22(23(32)21-16(3)24(33)30-25(21)34)29-20(31)14-19(17-10-6-4-7-11-17)28-26(35)27-18-12-8-5-9-13-18/h4-13,15-16,19,21-22H,14H2,1-3H3,(H,29,31)(H2,27,28,35)(H,30,33,34)/t16-,19-,21+,22-/m0/s1. The van der Waals surface area contributed by atoms with Gasteiger partial charge in [-0.05, 0) is 23.6 Å². The molecule has 1 saturated heterocycles. The molecule has 5 amide bonds. The Balaban J connectivity index is 1.72. The first kappa shape index (κ1) is 25.6. The predicted octanol–water partition coefficient (Wildman–Crippen LogP) is 2.56. The van der Waals surface area contributed by atoms with Crippen LogP contribution in [0, 0.1) is 17.8 Å². The van der Waals surface area contributed by atoms with Gasteiger partial charge in [0.25, 0.3) is 0 Å². The van der Waals surface area contributed by atoms with Gasteiger partial charge in [0.15, 0.2) is 5.78 Å². The molecule has 0 saturated carbocycles. The molecule has 0 bridgehead atoms. The molecule has 9 nitrogen and oxygen atoms in total. The Kier molecular flexibility index (Phi) is 8.35. The molecular weight excluding hydrogens is 448 g/mol. The van der Waals surface area contributed by atoms with Crippen molar-refractivity contribution in [3.63, 3.8) is 0 Å². The summed E-state index contributed by atoms with van der Waals surface area (Å²) in [6, 6.07) is 15.8. The van der Waals surface area contributed by atoms with Gasteiger partial charge < -0.3 is 16.0 Å². The third-order valence-corrected chi connectivity index (χ3v) is 5.97. The summed E-state index contributed by atoms with van der Waals surface area (Å²) >= 11 is 0. The number of urea groups is 1. The highest BCUT2D eigenvalue weighted by Crippen LogP contribution is 2.24. The minimum Gasteiger partial charge on any atom is -0.346 e. The Morgan fingerprint density at radius 2 is 1.49 bits per heavy atom. The summed E-state index contributed by atoms with van der Waals surface area (Å²) in [4.78, 5) is 62.7. The fourth-order valence-electron chi connectivity index (χ4n) is 4.03. The number of amides is 5. The second-order valence-corrected chi connectivity index (χ2v) is 8.94. The van der Waals surface area contributed by atoms with Crippen molar-refractivity contribution < 1.29 is 24.0 Å². The topological polar surface area (TPSA) is 133 Å². The maximum atomic E-state index is 13.1. The van der Waals surface area contributed by atoms with E-state index in [-0.39, 0.29) is 12.3 Å². The van der Waals surface area contributed by atoms with Crippen LogP contribution in [-0.4, -0.2) is 35.6 Å². The van der Waals surface area contributed by atoms with Gasteiger partial charge in [0.2, 0.25) is 17.7 Å². The van der Waals surface area contributed by atoms with E-state index in [0.29, 0.717) is 11.3 Å². The summed E-state index contributed by atoms with van der Waals surface area (Å²) in [7, 11) is 0. The van der Waals surface area contributed by atoms with Crippen LogP contribution in [0.5, 0.6) is 0 Å². The number of ketones is 1. The van der Waals surface area contributed by atoms with E-state index in [0.717, 1.165) is 0 Å². The van der Waals surface area contributed by atoms with Crippen LogP contribution in [0.3, 0.4) is 0 Å². The SMILES string of the molecule is CC(C)[C@H](NC(=O)C[C@H](NC(=O)Nc1ccccc1)c1ccccc1)C(=O)[C@@H]1C(=O)NC(=O)[C@H]1C. The molecule has 1 aliphatic heterocycles. The maximum Gasteiger partial charge on any atom is 0.319 e. The van der Waals surface area contributed by atoms with Gasteiger partial charge in [0.1, 0.15) is 5.92 Å². The van der Waals surface area contributed by atoms with Crippen molar-refractivity contribution in [2.45, 2.75) is 39.3 Å². The lowest BCUT2D eigenvalue weighted by Gasteiger charge is -2.26. The zero-order valence-electron chi connectivity index (χ0n) is 19.9. The van der Waals surface area contributed by atoms with Crippen molar-refractivity contribution in [3.8, 4) is 0 Å². The number of benzene rings is 2. The van der Waals surface area contributed by atoms with Crippen LogP contribution < -0.4 is 21.3 Å². The van der Waals surface area contributed by atoms with Crippen molar-refractivity contribution in [2.24, 2.45) is 17.8 Å². The fraction of sp³-hybridized carbons (Fsp3) is 0.346. The summed E-state index contributed by atoms with van der Waals surface area (Å²) in [6.07, 6.45) is -0.131. The predicted molar refractivity (Wildman–Crippen MR) is 130 cm³/mol. The first-order valence-corrected chi connectivity index (χ1v) is 11.5.